The summed E-state index contributed by atoms with van der Waals surface area (Å²) < 4.78 is 16.6. The maximum atomic E-state index is 10.5. The minimum Gasteiger partial charge on any atom is -0.497 e. The third-order valence-electron chi connectivity index (χ3n) is 8.27. The Morgan fingerprint density at radius 3 is 2.57 bits per heavy atom. The highest BCUT2D eigenvalue weighted by Crippen LogP contribution is 2.59. The predicted molar refractivity (Wildman–Crippen MR) is 133 cm³/mol. The number of allylic oxidation sites excluding steroid dienone is 1. The highest BCUT2D eigenvalue weighted by Gasteiger charge is 2.50. The molecule has 1 aromatic carbocycles. The van der Waals surface area contributed by atoms with Crippen LogP contribution in [0.5, 0.6) is 5.75 Å². The Balaban J connectivity index is 1.01. The van der Waals surface area contributed by atoms with E-state index in [9.17, 15) is 5.11 Å². The highest BCUT2D eigenvalue weighted by atomic mass is 16.5. The first-order valence-corrected chi connectivity index (χ1v) is 12.8. The van der Waals surface area contributed by atoms with Gasteiger partial charge in [0.2, 0.25) is 11.7 Å². The summed E-state index contributed by atoms with van der Waals surface area (Å²) in [5, 5.41) is 14.6. The van der Waals surface area contributed by atoms with Crippen molar-refractivity contribution in [2.45, 2.75) is 39.3 Å². The van der Waals surface area contributed by atoms with Gasteiger partial charge in [0, 0.05) is 38.3 Å². The molecule has 1 N–H and O–H groups in total. The zero-order valence-corrected chi connectivity index (χ0v) is 21.2. The minimum atomic E-state index is -0.462. The molecule has 3 atom stereocenters. The number of aliphatic hydroxyl groups excluding tert-OH is 1. The van der Waals surface area contributed by atoms with Gasteiger partial charge >= 0.3 is 0 Å². The molecule has 4 aliphatic rings. The first-order valence-electron chi connectivity index (χ1n) is 12.8. The van der Waals surface area contributed by atoms with Gasteiger partial charge in [0.05, 0.1) is 33.0 Å². The van der Waals surface area contributed by atoms with E-state index in [1.54, 1.807) is 7.11 Å². The van der Waals surface area contributed by atoms with E-state index in [1.807, 2.05) is 24.3 Å². The van der Waals surface area contributed by atoms with Gasteiger partial charge in [0.1, 0.15) is 5.75 Å². The van der Waals surface area contributed by atoms with Crippen molar-refractivity contribution in [1.82, 2.24) is 19.9 Å². The van der Waals surface area contributed by atoms with Crippen molar-refractivity contribution in [1.29, 1.82) is 0 Å². The highest BCUT2D eigenvalue weighted by molar-refractivity contribution is 5.55. The fourth-order valence-electron chi connectivity index (χ4n) is 5.80. The van der Waals surface area contributed by atoms with Crippen molar-refractivity contribution >= 4 is 0 Å². The first-order chi connectivity index (χ1) is 16.9. The molecule has 35 heavy (non-hydrogen) atoms. The lowest BCUT2D eigenvalue weighted by molar-refractivity contribution is -0.0276. The Hall–Kier alpha value is -2.26. The van der Waals surface area contributed by atoms with E-state index in [4.69, 9.17) is 14.0 Å². The molecular formula is C27H38N4O4. The second kappa shape index (κ2) is 10.4. The standard InChI is InChI=1S/C27H38N4O4/c1-27(2)21-7-4-20(24(27)14-21)17-34-18-22(32)15-30-10-12-31(13-11-30)16-25-28-26(29-35-25)19-5-8-23(33-3)9-6-19/h4-6,8-9,21-22,24,32H,7,10-18H2,1-3H3. The van der Waals surface area contributed by atoms with Crippen LogP contribution in [0.25, 0.3) is 11.4 Å². The van der Waals surface area contributed by atoms with Gasteiger partial charge in [0.15, 0.2) is 0 Å². The molecule has 3 unspecified atom stereocenters. The van der Waals surface area contributed by atoms with E-state index < -0.39 is 6.10 Å². The molecule has 8 nitrogen and oxygen atoms in total. The van der Waals surface area contributed by atoms with E-state index >= 15 is 0 Å². The average molecular weight is 483 g/mol. The van der Waals surface area contributed by atoms with Crippen molar-refractivity contribution in [2.24, 2.45) is 17.3 Å². The van der Waals surface area contributed by atoms with Crippen LogP contribution in [0, 0.1) is 17.3 Å². The zero-order valence-electron chi connectivity index (χ0n) is 21.2. The number of hydrogen-bond donors (Lipinski definition) is 1. The van der Waals surface area contributed by atoms with E-state index in [-0.39, 0.29) is 0 Å². The molecule has 2 fully saturated rings. The molecule has 3 aliphatic carbocycles. The van der Waals surface area contributed by atoms with Crippen molar-refractivity contribution < 1.29 is 19.1 Å². The largest absolute Gasteiger partial charge is 0.497 e. The Bertz CT molecular complexity index is 1010. The molecule has 6 rings (SSSR count). The van der Waals surface area contributed by atoms with Crippen LogP contribution in [0.2, 0.25) is 0 Å². The van der Waals surface area contributed by atoms with Crippen molar-refractivity contribution in [2.75, 3.05) is 53.0 Å². The number of ether oxygens (including phenoxy) is 2. The lowest BCUT2D eigenvalue weighted by atomic mass is 9.49. The third kappa shape index (κ3) is 5.45. The van der Waals surface area contributed by atoms with Crippen LogP contribution >= 0.6 is 0 Å². The van der Waals surface area contributed by atoms with Crippen molar-refractivity contribution in [3.05, 3.63) is 41.8 Å². The second-order valence-electron chi connectivity index (χ2n) is 10.8. The zero-order chi connectivity index (χ0) is 24.4. The molecule has 1 aromatic heterocycles. The summed E-state index contributed by atoms with van der Waals surface area (Å²) in [6.07, 6.45) is 4.40. The topological polar surface area (TPSA) is 84.1 Å². The van der Waals surface area contributed by atoms with E-state index in [1.165, 1.54) is 18.4 Å². The van der Waals surface area contributed by atoms with E-state index in [0.717, 1.165) is 43.4 Å². The van der Waals surface area contributed by atoms with Crippen LogP contribution in [0.15, 0.2) is 40.4 Å². The lowest BCUT2D eigenvalue weighted by Crippen LogP contribution is -2.49. The molecule has 2 aromatic rings. The first kappa shape index (κ1) is 24.4. The van der Waals surface area contributed by atoms with Crippen LogP contribution < -0.4 is 4.74 Å². The smallest absolute Gasteiger partial charge is 0.241 e. The van der Waals surface area contributed by atoms with Crippen LogP contribution in [0.3, 0.4) is 0 Å². The van der Waals surface area contributed by atoms with Gasteiger partial charge in [-0.05, 0) is 59.9 Å². The number of β-amino-alcohol motifs (C(OH)–C–C–N with tert-alkyl or cyclic N) is 1. The summed E-state index contributed by atoms with van der Waals surface area (Å²) in [5.74, 6) is 3.52. The van der Waals surface area contributed by atoms with Crippen LogP contribution in [0.1, 0.15) is 32.6 Å². The van der Waals surface area contributed by atoms with Crippen LogP contribution in [-0.4, -0.2) is 84.2 Å². The number of hydrogen-bond acceptors (Lipinski definition) is 8. The summed E-state index contributed by atoms with van der Waals surface area (Å²) in [5.41, 5.74) is 2.76. The maximum Gasteiger partial charge on any atom is 0.241 e. The Morgan fingerprint density at radius 2 is 1.89 bits per heavy atom. The number of nitrogens with zero attached hydrogens (tertiary/aromatic N) is 4. The maximum absolute atomic E-state index is 10.5. The van der Waals surface area contributed by atoms with Gasteiger partial charge < -0.3 is 19.1 Å². The molecular weight excluding hydrogens is 444 g/mol. The summed E-state index contributed by atoms with van der Waals surface area (Å²) in [6.45, 7) is 10.7. The molecule has 0 radical (unpaired) electrons. The van der Waals surface area contributed by atoms with Gasteiger partial charge in [-0.2, -0.15) is 4.98 Å². The molecule has 8 heteroatoms. The SMILES string of the molecule is COc1ccc(-c2noc(CN3CCN(CC(O)COCC4=CCC5CC4C5(C)C)CC3)n2)cc1. The summed E-state index contributed by atoms with van der Waals surface area (Å²) in [4.78, 5) is 9.17. The van der Waals surface area contributed by atoms with E-state index in [2.05, 4.69) is 39.9 Å². The van der Waals surface area contributed by atoms with Crippen LogP contribution in [-0.2, 0) is 11.3 Å². The summed E-state index contributed by atoms with van der Waals surface area (Å²) in [7, 11) is 1.65. The fraction of sp³-hybridized carbons (Fsp3) is 0.630. The quantitative estimate of drug-likeness (QED) is 0.517. The molecule has 1 saturated heterocycles. The summed E-state index contributed by atoms with van der Waals surface area (Å²) in [6, 6.07) is 7.63. The van der Waals surface area contributed by atoms with Gasteiger partial charge in [-0.1, -0.05) is 25.1 Å². The van der Waals surface area contributed by atoms with Crippen LogP contribution in [0.4, 0.5) is 0 Å². The summed E-state index contributed by atoms with van der Waals surface area (Å²) >= 11 is 0. The number of rotatable bonds is 10. The Morgan fingerprint density at radius 1 is 1.14 bits per heavy atom. The molecule has 1 saturated carbocycles. The average Bonchev–Trinajstić information content (AvgIpc) is 3.33. The number of piperazine rings is 1. The Labute approximate surface area is 207 Å². The molecule has 2 bridgehead atoms. The molecule has 190 valence electrons. The third-order valence-corrected chi connectivity index (χ3v) is 8.27. The fourth-order valence-corrected chi connectivity index (χ4v) is 5.80. The molecule has 1 aliphatic heterocycles. The van der Waals surface area contributed by atoms with Gasteiger partial charge in [0.25, 0.3) is 0 Å². The van der Waals surface area contributed by atoms with Gasteiger partial charge in [-0.15, -0.1) is 0 Å². The number of methoxy groups -OCH3 is 1. The normalized spacial score (nSPS) is 25.1. The van der Waals surface area contributed by atoms with Gasteiger partial charge in [-0.3, -0.25) is 9.80 Å². The Kier molecular flexibility index (Phi) is 7.25. The second-order valence-corrected chi connectivity index (χ2v) is 10.8. The number of aliphatic hydroxyl groups is 1. The molecule has 0 spiro atoms. The molecule has 0 amide bonds. The van der Waals surface area contributed by atoms with E-state index in [0.29, 0.717) is 49.4 Å². The lowest BCUT2D eigenvalue weighted by Gasteiger charge is -2.56. The van der Waals surface area contributed by atoms with Crippen molar-refractivity contribution in [3.8, 4) is 17.1 Å². The minimum absolute atomic E-state index is 0.393. The van der Waals surface area contributed by atoms with Gasteiger partial charge in [-0.25, -0.2) is 0 Å². The molecule has 2 heterocycles. The van der Waals surface area contributed by atoms with Crippen molar-refractivity contribution in [3.63, 3.8) is 0 Å². The number of aromatic nitrogens is 2. The predicted octanol–water partition coefficient (Wildman–Crippen LogP) is 3.23. The monoisotopic (exact) mass is 482 g/mol. The number of benzene rings is 1. The number of fused-ring (bicyclic) bond motifs is 1.